The van der Waals surface area contributed by atoms with Gasteiger partial charge in [-0.25, -0.2) is 0 Å². The van der Waals surface area contributed by atoms with Crippen LogP contribution in [0.5, 0.6) is 0 Å². The second-order valence-corrected chi connectivity index (χ2v) is 4.96. The molecule has 1 aliphatic carbocycles. The molecule has 1 aromatic carbocycles. The number of hydrogen-bond acceptors (Lipinski definition) is 0. The van der Waals surface area contributed by atoms with Gasteiger partial charge < -0.3 is 0 Å². The summed E-state index contributed by atoms with van der Waals surface area (Å²) < 4.78 is 0. The van der Waals surface area contributed by atoms with Crippen LogP contribution in [0.2, 0.25) is 5.02 Å². The lowest BCUT2D eigenvalue weighted by Crippen LogP contribution is -2.17. The van der Waals surface area contributed by atoms with Crippen LogP contribution in [0.3, 0.4) is 0 Å². The fraction of sp³-hybridized carbons (Fsp3) is 0.500. The zero-order valence-electron chi connectivity index (χ0n) is 8.05. The molecular formula is C12H14Cl2. The molecular weight excluding hydrogens is 215 g/mol. The lowest BCUT2D eigenvalue weighted by molar-refractivity contribution is 0.450. The first-order valence-electron chi connectivity index (χ1n) is 5.17. The molecule has 2 heteroatoms. The summed E-state index contributed by atoms with van der Waals surface area (Å²) in [5.41, 5.74) is 1.34. The number of benzene rings is 1. The Morgan fingerprint density at radius 3 is 2.29 bits per heavy atom. The van der Waals surface area contributed by atoms with E-state index in [9.17, 15) is 0 Å². The van der Waals surface area contributed by atoms with Crippen molar-refractivity contribution in [3.63, 3.8) is 0 Å². The third-order valence-corrected chi connectivity index (χ3v) is 3.75. The second-order valence-electron chi connectivity index (χ2n) is 3.96. The van der Waals surface area contributed by atoms with E-state index in [2.05, 4.69) is 12.1 Å². The molecule has 76 valence electrons. The Balaban J connectivity index is 2.16. The third kappa shape index (κ3) is 2.24. The highest BCUT2D eigenvalue weighted by atomic mass is 35.5. The number of rotatable bonds is 1. The molecule has 0 N–H and O–H groups in total. The Kier molecular flexibility index (Phi) is 3.35. The van der Waals surface area contributed by atoms with E-state index in [0.29, 0.717) is 11.3 Å². The Hall–Kier alpha value is -0.200. The van der Waals surface area contributed by atoms with Gasteiger partial charge in [0.05, 0.1) is 0 Å². The van der Waals surface area contributed by atoms with Crippen molar-refractivity contribution < 1.29 is 0 Å². The minimum atomic E-state index is 0.310. The zero-order valence-corrected chi connectivity index (χ0v) is 9.56. The van der Waals surface area contributed by atoms with Crippen molar-refractivity contribution in [1.82, 2.24) is 0 Å². The van der Waals surface area contributed by atoms with E-state index in [0.717, 1.165) is 11.4 Å². The van der Waals surface area contributed by atoms with Crippen molar-refractivity contribution in [3.8, 4) is 0 Å². The standard InChI is InChI=1S/C12H14Cl2/c13-10-7-5-9(6-8-10)11-3-1-2-4-12(11)14/h5-8,11-12H,1-4H2. The normalized spacial score (nSPS) is 27.6. The number of alkyl halides is 1. The molecule has 0 bridgehead atoms. The SMILES string of the molecule is Clc1ccc(C2CCCCC2Cl)cc1. The largest absolute Gasteiger partial charge is 0.122 e. The van der Waals surface area contributed by atoms with Crippen LogP contribution in [0.1, 0.15) is 37.2 Å². The highest BCUT2D eigenvalue weighted by Crippen LogP contribution is 2.36. The maximum atomic E-state index is 6.32. The molecule has 14 heavy (non-hydrogen) atoms. The van der Waals surface area contributed by atoms with Crippen molar-refractivity contribution in [2.24, 2.45) is 0 Å². The summed E-state index contributed by atoms with van der Waals surface area (Å²) in [4.78, 5) is 0. The second kappa shape index (κ2) is 4.55. The molecule has 0 saturated heterocycles. The molecule has 2 rings (SSSR count). The molecule has 1 fully saturated rings. The van der Waals surface area contributed by atoms with Gasteiger partial charge in [0.15, 0.2) is 0 Å². The van der Waals surface area contributed by atoms with Crippen molar-refractivity contribution in [1.29, 1.82) is 0 Å². The van der Waals surface area contributed by atoms with E-state index in [4.69, 9.17) is 23.2 Å². The van der Waals surface area contributed by atoms with E-state index in [-0.39, 0.29) is 0 Å². The van der Waals surface area contributed by atoms with Crippen molar-refractivity contribution in [2.75, 3.05) is 0 Å². The Labute approximate surface area is 95.2 Å². The lowest BCUT2D eigenvalue weighted by atomic mass is 9.84. The molecule has 0 aromatic heterocycles. The average Bonchev–Trinajstić information content (AvgIpc) is 2.20. The van der Waals surface area contributed by atoms with Crippen LogP contribution in [0.15, 0.2) is 24.3 Å². The summed E-state index contributed by atoms with van der Waals surface area (Å²) in [6.07, 6.45) is 4.94. The predicted molar refractivity (Wildman–Crippen MR) is 62.3 cm³/mol. The summed E-state index contributed by atoms with van der Waals surface area (Å²) in [5, 5.41) is 1.11. The quantitative estimate of drug-likeness (QED) is 0.617. The van der Waals surface area contributed by atoms with Gasteiger partial charge in [-0.2, -0.15) is 0 Å². The maximum absolute atomic E-state index is 6.32. The molecule has 0 radical (unpaired) electrons. The Bertz CT molecular complexity index is 292. The first-order chi connectivity index (χ1) is 6.77. The maximum Gasteiger partial charge on any atom is 0.0406 e. The van der Waals surface area contributed by atoms with Crippen LogP contribution < -0.4 is 0 Å². The smallest absolute Gasteiger partial charge is 0.0406 e. The number of halogens is 2. The van der Waals surface area contributed by atoms with Gasteiger partial charge in [-0.15, -0.1) is 11.6 Å². The van der Waals surface area contributed by atoms with Gasteiger partial charge in [0.2, 0.25) is 0 Å². The van der Waals surface area contributed by atoms with Gasteiger partial charge in [0.1, 0.15) is 0 Å². The monoisotopic (exact) mass is 228 g/mol. The van der Waals surface area contributed by atoms with E-state index in [1.807, 2.05) is 12.1 Å². The van der Waals surface area contributed by atoms with E-state index in [1.165, 1.54) is 24.8 Å². The highest BCUT2D eigenvalue weighted by molar-refractivity contribution is 6.30. The van der Waals surface area contributed by atoms with Crippen molar-refractivity contribution in [3.05, 3.63) is 34.9 Å². The van der Waals surface area contributed by atoms with E-state index >= 15 is 0 Å². The van der Waals surface area contributed by atoms with Crippen LogP contribution in [0.25, 0.3) is 0 Å². The molecule has 0 spiro atoms. The summed E-state index contributed by atoms with van der Waals surface area (Å²) in [5.74, 6) is 0.530. The summed E-state index contributed by atoms with van der Waals surface area (Å²) in [6, 6.07) is 8.12. The minimum Gasteiger partial charge on any atom is -0.122 e. The topological polar surface area (TPSA) is 0 Å². The molecule has 1 aromatic rings. The number of hydrogen-bond donors (Lipinski definition) is 0. The van der Waals surface area contributed by atoms with Crippen LogP contribution in [0.4, 0.5) is 0 Å². The molecule has 0 nitrogen and oxygen atoms in total. The van der Waals surface area contributed by atoms with Gasteiger partial charge in [0, 0.05) is 16.3 Å². The van der Waals surface area contributed by atoms with Crippen molar-refractivity contribution >= 4 is 23.2 Å². The highest BCUT2D eigenvalue weighted by Gasteiger charge is 2.24. The van der Waals surface area contributed by atoms with Crippen molar-refractivity contribution in [2.45, 2.75) is 37.0 Å². The van der Waals surface area contributed by atoms with Gasteiger partial charge in [0.25, 0.3) is 0 Å². The molecule has 0 amide bonds. The zero-order chi connectivity index (χ0) is 9.97. The molecule has 1 aliphatic rings. The fourth-order valence-electron chi connectivity index (χ4n) is 2.17. The third-order valence-electron chi connectivity index (χ3n) is 2.98. The molecule has 2 atom stereocenters. The average molecular weight is 229 g/mol. The van der Waals surface area contributed by atoms with Crippen LogP contribution in [-0.4, -0.2) is 5.38 Å². The molecule has 0 heterocycles. The minimum absolute atomic E-state index is 0.310. The summed E-state index contributed by atoms with van der Waals surface area (Å²) in [7, 11) is 0. The van der Waals surface area contributed by atoms with Crippen LogP contribution in [-0.2, 0) is 0 Å². The predicted octanol–water partition coefficient (Wildman–Crippen LogP) is 4.61. The Morgan fingerprint density at radius 1 is 1.00 bits per heavy atom. The van der Waals surface area contributed by atoms with Crippen LogP contribution >= 0.6 is 23.2 Å². The van der Waals surface area contributed by atoms with Gasteiger partial charge in [-0.05, 0) is 30.5 Å². The summed E-state index contributed by atoms with van der Waals surface area (Å²) in [6.45, 7) is 0. The first kappa shape index (κ1) is 10.3. The fourth-order valence-corrected chi connectivity index (χ4v) is 2.72. The van der Waals surface area contributed by atoms with E-state index < -0.39 is 0 Å². The van der Waals surface area contributed by atoms with Crippen LogP contribution in [0, 0.1) is 0 Å². The van der Waals surface area contributed by atoms with Gasteiger partial charge in [-0.1, -0.05) is 36.6 Å². The van der Waals surface area contributed by atoms with Gasteiger partial charge >= 0.3 is 0 Å². The molecule has 1 saturated carbocycles. The van der Waals surface area contributed by atoms with E-state index in [1.54, 1.807) is 0 Å². The molecule has 0 aliphatic heterocycles. The summed E-state index contributed by atoms with van der Waals surface area (Å²) >= 11 is 12.2. The van der Waals surface area contributed by atoms with Gasteiger partial charge in [-0.3, -0.25) is 0 Å². The Morgan fingerprint density at radius 2 is 1.64 bits per heavy atom. The first-order valence-corrected chi connectivity index (χ1v) is 5.98. The molecule has 2 unspecified atom stereocenters. The lowest BCUT2D eigenvalue weighted by Gasteiger charge is -2.27.